The van der Waals surface area contributed by atoms with Crippen molar-refractivity contribution >= 4 is 16.9 Å². The fourth-order valence-electron chi connectivity index (χ4n) is 2.02. The SMILES string of the molecule is N#Cc1cnn(C(=O)OCc2ccc3ccccc3c2)c1. The second-order valence-corrected chi connectivity index (χ2v) is 4.52. The van der Waals surface area contributed by atoms with Crippen LogP contribution in [0.25, 0.3) is 10.8 Å². The van der Waals surface area contributed by atoms with Crippen LogP contribution in [0.1, 0.15) is 11.1 Å². The molecule has 0 spiro atoms. The summed E-state index contributed by atoms with van der Waals surface area (Å²) >= 11 is 0. The van der Waals surface area contributed by atoms with Gasteiger partial charge in [0.05, 0.1) is 18.0 Å². The number of nitrogens with zero attached hydrogens (tertiary/aromatic N) is 3. The molecule has 0 atom stereocenters. The zero-order valence-corrected chi connectivity index (χ0v) is 11.1. The highest BCUT2D eigenvalue weighted by Crippen LogP contribution is 2.16. The van der Waals surface area contributed by atoms with Crippen molar-refractivity contribution < 1.29 is 9.53 Å². The van der Waals surface area contributed by atoms with E-state index in [0.717, 1.165) is 21.0 Å². The predicted octanol–water partition coefficient (Wildman–Crippen LogP) is 3.09. The molecule has 5 nitrogen and oxygen atoms in total. The Morgan fingerprint density at radius 1 is 1.24 bits per heavy atom. The summed E-state index contributed by atoms with van der Waals surface area (Å²) in [6.45, 7) is 0.158. The Labute approximate surface area is 121 Å². The van der Waals surface area contributed by atoms with Gasteiger partial charge in [-0.2, -0.15) is 15.0 Å². The minimum atomic E-state index is -0.607. The molecule has 1 aromatic heterocycles. The highest BCUT2D eigenvalue weighted by Gasteiger charge is 2.08. The molecule has 5 heteroatoms. The van der Waals surface area contributed by atoms with Crippen molar-refractivity contribution in [3.8, 4) is 6.07 Å². The van der Waals surface area contributed by atoms with Gasteiger partial charge in [-0.25, -0.2) is 4.79 Å². The smallest absolute Gasteiger partial charge is 0.435 e. The van der Waals surface area contributed by atoms with Gasteiger partial charge in [-0.1, -0.05) is 36.4 Å². The van der Waals surface area contributed by atoms with Gasteiger partial charge in [-0.3, -0.25) is 0 Å². The molecule has 0 saturated heterocycles. The Balaban J connectivity index is 1.71. The molecule has 102 valence electrons. The number of aromatic nitrogens is 2. The van der Waals surface area contributed by atoms with Crippen LogP contribution in [0.5, 0.6) is 0 Å². The number of hydrogen-bond donors (Lipinski definition) is 0. The second-order valence-electron chi connectivity index (χ2n) is 4.52. The summed E-state index contributed by atoms with van der Waals surface area (Å²) < 4.78 is 6.19. The molecule has 3 rings (SSSR count). The lowest BCUT2D eigenvalue weighted by molar-refractivity contribution is 0.138. The van der Waals surface area contributed by atoms with Gasteiger partial charge in [0.1, 0.15) is 12.7 Å². The molecule has 1 heterocycles. The van der Waals surface area contributed by atoms with E-state index in [1.165, 1.54) is 12.4 Å². The van der Waals surface area contributed by atoms with Crippen molar-refractivity contribution in [2.75, 3.05) is 0 Å². The van der Waals surface area contributed by atoms with E-state index in [1.54, 1.807) is 0 Å². The molecule has 2 aromatic carbocycles. The van der Waals surface area contributed by atoms with Crippen LogP contribution in [-0.2, 0) is 11.3 Å². The first-order valence-electron chi connectivity index (χ1n) is 6.36. The van der Waals surface area contributed by atoms with Crippen LogP contribution in [0.4, 0.5) is 4.79 Å². The molecule has 0 radical (unpaired) electrons. The number of benzene rings is 2. The Hall–Kier alpha value is -3.13. The summed E-state index contributed by atoms with van der Waals surface area (Å²) in [5, 5.41) is 14.7. The number of carbonyl (C=O) groups is 1. The van der Waals surface area contributed by atoms with Crippen molar-refractivity contribution in [2.24, 2.45) is 0 Å². The molecule has 0 aliphatic rings. The summed E-state index contributed by atoms with van der Waals surface area (Å²) in [4.78, 5) is 11.8. The first-order chi connectivity index (χ1) is 10.3. The monoisotopic (exact) mass is 277 g/mol. The summed E-state index contributed by atoms with van der Waals surface area (Å²) in [5.41, 5.74) is 1.22. The standard InChI is InChI=1S/C16H11N3O2/c17-8-13-9-18-19(10-13)16(20)21-11-12-5-6-14-3-1-2-4-15(14)7-12/h1-7,9-10H,11H2. The Morgan fingerprint density at radius 2 is 2.05 bits per heavy atom. The molecule has 21 heavy (non-hydrogen) atoms. The average molecular weight is 277 g/mol. The van der Waals surface area contributed by atoms with Gasteiger partial charge in [-0.15, -0.1) is 0 Å². The Morgan fingerprint density at radius 3 is 2.81 bits per heavy atom. The van der Waals surface area contributed by atoms with Crippen LogP contribution < -0.4 is 0 Å². The third-order valence-corrected chi connectivity index (χ3v) is 3.07. The van der Waals surface area contributed by atoms with Crippen molar-refractivity contribution in [1.29, 1.82) is 5.26 Å². The van der Waals surface area contributed by atoms with Crippen LogP contribution in [-0.4, -0.2) is 15.9 Å². The number of carbonyl (C=O) groups excluding carboxylic acids is 1. The van der Waals surface area contributed by atoms with Gasteiger partial charge in [0.25, 0.3) is 0 Å². The van der Waals surface area contributed by atoms with Gasteiger partial charge in [-0.05, 0) is 22.4 Å². The van der Waals surface area contributed by atoms with Crippen LogP contribution in [0.15, 0.2) is 54.9 Å². The number of nitriles is 1. The van der Waals surface area contributed by atoms with E-state index < -0.39 is 6.09 Å². The fraction of sp³-hybridized carbons (Fsp3) is 0.0625. The molecule has 0 N–H and O–H groups in total. The number of fused-ring (bicyclic) bond motifs is 1. The molecule has 3 aromatic rings. The highest BCUT2D eigenvalue weighted by molar-refractivity contribution is 5.83. The average Bonchev–Trinajstić information content (AvgIpc) is 3.01. The van der Waals surface area contributed by atoms with Crippen LogP contribution in [0, 0.1) is 11.3 Å². The maximum absolute atomic E-state index is 11.8. The van der Waals surface area contributed by atoms with Crippen molar-refractivity contribution in [1.82, 2.24) is 9.78 Å². The molecular formula is C16H11N3O2. The molecule has 0 unspecified atom stereocenters. The molecular weight excluding hydrogens is 266 g/mol. The quantitative estimate of drug-likeness (QED) is 0.721. The lowest BCUT2D eigenvalue weighted by atomic mass is 10.1. The topological polar surface area (TPSA) is 67.9 Å². The molecule has 0 bridgehead atoms. The lowest BCUT2D eigenvalue weighted by Crippen LogP contribution is -2.13. The first kappa shape index (κ1) is 12.9. The maximum Gasteiger partial charge on any atom is 0.435 e. The molecule has 0 aliphatic carbocycles. The van der Waals surface area contributed by atoms with E-state index in [-0.39, 0.29) is 6.61 Å². The van der Waals surface area contributed by atoms with E-state index in [4.69, 9.17) is 10.00 Å². The zero-order valence-electron chi connectivity index (χ0n) is 11.1. The van der Waals surface area contributed by atoms with Crippen LogP contribution >= 0.6 is 0 Å². The zero-order chi connectivity index (χ0) is 14.7. The summed E-state index contributed by atoms with van der Waals surface area (Å²) in [6, 6.07) is 15.8. The summed E-state index contributed by atoms with van der Waals surface area (Å²) in [7, 11) is 0. The van der Waals surface area contributed by atoms with E-state index >= 15 is 0 Å². The van der Waals surface area contributed by atoms with Crippen molar-refractivity contribution in [3.63, 3.8) is 0 Å². The predicted molar refractivity (Wildman–Crippen MR) is 76.5 cm³/mol. The van der Waals surface area contributed by atoms with Gasteiger partial charge >= 0.3 is 6.09 Å². The molecule has 0 amide bonds. The largest absolute Gasteiger partial charge is 0.443 e. The minimum absolute atomic E-state index is 0.158. The van der Waals surface area contributed by atoms with Gasteiger partial charge in [0.15, 0.2) is 0 Å². The van der Waals surface area contributed by atoms with Gasteiger partial charge in [0, 0.05) is 0 Å². The third-order valence-electron chi connectivity index (χ3n) is 3.07. The molecule has 0 saturated carbocycles. The van der Waals surface area contributed by atoms with E-state index in [0.29, 0.717) is 5.56 Å². The first-order valence-corrected chi connectivity index (χ1v) is 6.36. The van der Waals surface area contributed by atoms with Crippen LogP contribution in [0.2, 0.25) is 0 Å². The fourth-order valence-corrected chi connectivity index (χ4v) is 2.02. The maximum atomic E-state index is 11.8. The van der Waals surface area contributed by atoms with E-state index in [9.17, 15) is 4.79 Å². The molecule has 0 aliphatic heterocycles. The Bertz CT molecular complexity index is 846. The lowest BCUT2D eigenvalue weighted by Gasteiger charge is -2.05. The summed E-state index contributed by atoms with van der Waals surface area (Å²) in [5.74, 6) is 0. The number of rotatable bonds is 2. The normalized spacial score (nSPS) is 10.2. The third kappa shape index (κ3) is 2.74. The van der Waals surface area contributed by atoms with E-state index in [2.05, 4.69) is 5.10 Å². The Kier molecular flexibility index (Phi) is 3.36. The molecule has 0 fully saturated rings. The van der Waals surface area contributed by atoms with Gasteiger partial charge in [0.2, 0.25) is 0 Å². The van der Waals surface area contributed by atoms with E-state index in [1.807, 2.05) is 48.5 Å². The van der Waals surface area contributed by atoms with Crippen molar-refractivity contribution in [2.45, 2.75) is 6.61 Å². The minimum Gasteiger partial charge on any atom is -0.443 e. The van der Waals surface area contributed by atoms with Crippen molar-refractivity contribution in [3.05, 3.63) is 66.0 Å². The van der Waals surface area contributed by atoms with Crippen LogP contribution in [0.3, 0.4) is 0 Å². The second kappa shape index (κ2) is 5.47. The summed E-state index contributed by atoms with van der Waals surface area (Å²) in [6.07, 6.45) is 2.05. The highest BCUT2D eigenvalue weighted by atomic mass is 16.6. The van der Waals surface area contributed by atoms with Gasteiger partial charge < -0.3 is 4.74 Å². The number of ether oxygens (including phenoxy) is 1. The number of hydrogen-bond acceptors (Lipinski definition) is 4.